The van der Waals surface area contributed by atoms with Crippen molar-refractivity contribution in [1.82, 2.24) is 0 Å². The molecular weight excluding hydrogens is 249 g/mol. The summed E-state index contributed by atoms with van der Waals surface area (Å²) in [6, 6.07) is 4.22. The zero-order valence-corrected chi connectivity index (χ0v) is 9.59. The molecule has 0 spiro atoms. The molecule has 92 valence electrons. The molecule has 0 atom stereocenters. The number of fused-ring (bicyclic) bond motifs is 1. The van der Waals surface area contributed by atoms with Crippen LogP contribution in [0.25, 0.3) is 11.0 Å². The number of phenolic OH excluding ortho intramolecular Hbond substituents is 1. The number of benzene rings is 1. The molecule has 1 aromatic heterocycles. The van der Waals surface area contributed by atoms with Crippen LogP contribution in [0.15, 0.2) is 27.4 Å². The van der Waals surface area contributed by atoms with Crippen LogP contribution in [0.2, 0.25) is 0 Å². The largest absolute Gasteiger partial charge is 0.505 e. The van der Waals surface area contributed by atoms with Crippen LogP contribution in [-0.2, 0) is 6.42 Å². The molecule has 3 N–H and O–H groups in total. The van der Waals surface area contributed by atoms with Gasteiger partial charge >= 0.3 is 5.63 Å². The fourth-order valence-corrected chi connectivity index (χ4v) is 1.51. The normalized spacial score (nSPS) is 10.2. The average Bonchev–Trinajstić information content (AvgIpc) is 2.26. The van der Waals surface area contributed by atoms with Crippen LogP contribution in [0.5, 0.6) is 5.75 Å². The summed E-state index contributed by atoms with van der Waals surface area (Å²) in [5.74, 6) is -1.46. The van der Waals surface area contributed by atoms with E-state index in [4.69, 9.17) is 15.3 Å². The van der Waals surface area contributed by atoms with Gasteiger partial charge in [-0.15, -0.1) is 12.4 Å². The first-order chi connectivity index (χ1) is 7.63. The molecule has 2 aromatic rings. The molecule has 0 saturated carbocycles. The molecule has 0 unspecified atom stereocenters. The van der Waals surface area contributed by atoms with Crippen molar-refractivity contribution in [2.75, 3.05) is 6.54 Å². The highest BCUT2D eigenvalue weighted by Crippen LogP contribution is 2.24. The van der Waals surface area contributed by atoms with Crippen LogP contribution < -0.4 is 11.4 Å². The van der Waals surface area contributed by atoms with Crippen LogP contribution in [-0.4, -0.2) is 11.7 Å². The minimum absolute atomic E-state index is 0. The van der Waals surface area contributed by atoms with Crippen LogP contribution in [0.1, 0.15) is 5.56 Å². The highest BCUT2D eigenvalue weighted by Gasteiger charge is 2.11. The highest BCUT2D eigenvalue weighted by atomic mass is 35.5. The average molecular weight is 260 g/mol. The third-order valence-corrected chi connectivity index (χ3v) is 2.31. The van der Waals surface area contributed by atoms with Crippen LogP contribution in [0.3, 0.4) is 0 Å². The Morgan fingerprint density at radius 1 is 1.41 bits per heavy atom. The van der Waals surface area contributed by atoms with Crippen molar-refractivity contribution >= 4 is 23.4 Å². The summed E-state index contributed by atoms with van der Waals surface area (Å²) in [4.78, 5) is 11.4. The van der Waals surface area contributed by atoms with Gasteiger partial charge in [0.05, 0.1) is 0 Å². The number of hydrogen-bond acceptors (Lipinski definition) is 4. The quantitative estimate of drug-likeness (QED) is 0.803. The Morgan fingerprint density at radius 3 is 2.76 bits per heavy atom. The molecule has 0 amide bonds. The van der Waals surface area contributed by atoms with E-state index in [1.54, 1.807) is 0 Å². The van der Waals surface area contributed by atoms with E-state index in [2.05, 4.69) is 0 Å². The number of aromatic hydroxyl groups is 1. The van der Waals surface area contributed by atoms with Gasteiger partial charge in [0, 0.05) is 10.9 Å². The van der Waals surface area contributed by atoms with Crippen molar-refractivity contribution < 1.29 is 13.9 Å². The lowest BCUT2D eigenvalue weighted by Gasteiger charge is -2.02. The molecule has 0 aliphatic carbocycles. The molecule has 0 aliphatic heterocycles. The first kappa shape index (κ1) is 13.5. The maximum absolute atomic E-state index is 13.4. The SMILES string of the molecule is Cl.NCCc1cc2ccc(O)c(F)c2oc1=O. The van der Waals surface area contributed by atoms with Gasteiger partial charge in [-0.3, -0.25) is 0 Å². The van der Waals surface area contributed by atoms with Crippen LogP contribution >= 0.6 is 12.4 Å². The second-order valence-corrected chi connectivity index (χ2v) is 3.41. The van der Waals surface area contributed by atoms with Gasteiger partial charge in [0.1, 0.15) is 0 Å². The lowest BCUT2D eigenvalue weighted by Crippen LogP contribution is -2.12. The van der Waals surface area contributed by atoms with Gasteiger partial charge in [-0.05, 0) is 31.2 Å². The van der Waals surface area contributed by atoms with E-state index >= 15 is 0 Å². The summed E-state index contributed by atoms with van der Waals surface area (Å²) in [6.45, 7) is 0.316. The predicted molar refractivity (Wildman–Crippen MR) is 64.1 cm³/mol. The zero-order valence-electron chi connectivity index (χ0n) is 8.77. The summed E-state index contributed by atoms with van der Waals surface area (Å²) >= 11 is 0. The first-order valence-corrected chi connectivity index (χ1v) is 4.77. The molecule has 4 nitrogen and oxygen atoms in total. The van der Waals surface area contributed by atoms with Crippen molar-refractivity contribution in [2.45, 2.75) is 6.42 Å². The molecule has 1 heterocycles. The molecule has 0 saturated heterocycles. The summed E-state index contributed by atoms with van der Waals surface area (Å²) in [6.07, 6.45) is 0.376. The summed E-state index contributed by atoms with van der Waals surface area (Å²) in [5, 5.41) is 9.55. The Bertz CT molecular complexity index is 597. The van der Waals surface area contributed by atoms with Gasteiger partial charge in [0.15, 0.2) is 11.3 Å². The lowest BCUT2D eigenvalue weighted by molar-refractivity contribution is 0.425. The molecular formula is C11H11ClFNO3. The van der Waals surface area contributed by atoms with Crippen LogP contribution in [0.4, 0.5) is 4.39 Å². The molecule has 0 radical (unpaired) electrons. The fraction of sp³-hybridized carbons (Fsp3) is 0.182. The van der Waals surface area contributed by atoms with Gasteiger partial charge in [0.25, 0.3) is 0 Å². The van der Waals surface area contributed by atoms with Crippen molar-refractivity contribution in [1.29, 1.82) is 0 Å². The Balaban J connectivity index is 0.00000144. The second-order valence-electron chi connectivity index (χ2n) is 3.41. The number of rotatable bonds is 2. The number of phenols is 1. The zero-order chi connectivity index (χ0) is 11.7. The Morgan fingerprint density at radius 2 is 2.12 bits per heavy atom. The Labute approximate surface area is 102 Å². The van der Waals surface area contributed by atoms with E-state index < -0.39 is 17.2 Å². The van der Waals surface area contributed by atoms with Gasteiger partial charge in [0.2, 0.25) is 5.82 Å². The monoisotopic (exact) mass is 259 g/mol. The second kappa shape index (κ2) is 5.16. The van der Waals surface area contributed by atoms with Gasteiger partial charge in [-0.1, -0.05) is 0 Å². The lowest BCUT2D eigenvalue weighted by atomic mass is 10.1. The standard InChI is InChI=1S/C11H10FNO3.ClH/c12-9-8(14)2-1-6-5-7(3-4-13)11(15)16-10(6)9;/h1-2,5,14H,3-4,13H2;1H. The van der Waals surface area contributed by atoms with E-state index in [-0.39, 0.29) is 18.0 Å². The third-order valence-electron chi connectivity index (χ3n) is 2.31. The molecule has 0 aliphatic rings. The van der Waals surface area contributed by atoms with E-state index in [0.29, 0.717) is 23.9 Å². The maximum Gasteiger partial charge on any atom is 0.339 e. The minimum Gasteiger partial charge on any atom is -0.505 e. The number of halogens is 2. The van der Waals surface area contributed by atoms with E-state index in [0.717, 1.165) is 0 Å². The highest BCUT2D eigenvalue weighted by molar-refractivity contribution is 5.85. The Hall–Kier alpha value is -1.59. The number of hydrogen-bond donors (Lipinski definition) is 2. The maximum atomic E-state index is 13.4. The van der Waals surface area contributed by atoms with E-state index in [1.807, 2.05) is 0 Å². The molecule has 1 aromatic carbocycles. The minimum atomic E-state index is -0.922. The molecule has 2 rings (SSSR count). The molecule has 17 heavy (non-hydrogen) atoms. The van der Waals surface area contributed by atoms with Crippen LogP contribution in [0, 0.1) is 5.82 Å². The van der Waals surface area contributed by atoms with E-state index in [9.17, 15) is 9.18 Å². The topological polar surface area (TPSA) is 76.5 Å². The molecule has 0 fully saturated rings. The van der Waals surface area contributed by atoms with Gasteiger partial charge in [-0.25, -0.2) is 4.79 Å². The smallest absolute Gasteiger partial charge is 0.339 e. The van der Waals surface area contributed by atoms with Crippen molar-refractivity contribution in [3.63, 3.8) is 0 Å². The van der Waals surface area contributed by atoms with Crippen molar-refractivity contribution in [2.24, 2.45) is 5.73 Å². The summed E-state index contributed by atoms with van der Waals surface area (Å²) in [7, 11) is 0. The van der Waals surface area contributed by atoms with E-state index in [1.165, 1.54) is 18.2 Å². The van der Waals surface area contributed by atoms with Gasteiger partial charge in [-0.2, -0.15) is 4.39 Å². The van der Waals surface area contributed by atoms with Crippen molar-refractivity contribution in [3.05, 3.63) is 40.0 Å². The molecule has 6 heteroatoms. The first-order valence-electron chi connectivity index (χ1n) is 4.77. The third kappa shape index (κ3) is 2.40. The van der Waals surface area contributed by atoms with Crippen molar-refractivity contribution in [3.8, 4) is 5.75 Å². The Kier molecular flexibility index (Phi) is 4.09. The summed E-state index contributed by atoms with van der Waals surface area (Å²) in [5.41, 5.74) is 4.88. The summed E-state index contributed by atoms with van der Waals surface area (Å²) < 4.78 is 18.2. The molecule has 0 bridgehead atoms. The predicted octanol–water partition coefficient (Wildman–Crippen LogP) is 1.56. The fourth-order valence-electron chi connectivity index (χ4n) is 1.51. The number of nitrogens with two attached hydrogens (primary N) is 1. The van der Waals surface area contributed by atoms with Gasteiger partial charge < -0.3 is 15.3 Å².